The van der Waals surface area contributed by atoms with Gasteiger partial charge in [-0.1, -0.05) is 56.2 Å². The fourth-order valence-corrected chi connectivity index (χ4v) is 4.57. The molecule has 0 saturated heterocycles. The average molecular weight is 548 g/mol. The quantitative estimate of drug-likeness (QED) is 0.331. The van der Waals surface area contributed by atoms with Gasteiger partial charge >= 0.3 is 6.09 Å². The van der Waals surface area contributed by atoms with Crippen molar-refractivity contribution >= 4 is 23.6 Å². The summed E-state index contributed by atoms with van der Waals surface area (Å²) in [5.74, 6) is 2.29. The maximum Gasteiger partial charge on any atom is 0.408 e. The molecule has 7 nitrogen and oxygen atoms in total. The first-order chi connectivity index (χ1) is 18.7. The Bertz CT molecular complexity index is 1220. The molecular formula is C33H45N3O4. The Kier molecular flexibility index (Phi) is 11.4. The highest BCUT2D eigenvalue weighted by Crippen LogP contribution is 2.31. The number of amides is 3. The first-order valence-corrected chi connectivity index (χ1v) is 13.9. The summed E-state index contributed by atoms with van der Waals surface area (Å²) in [6, 6.07) is 10.6. The van der Waals surface area contributed by atoms with Crippen molar-refractivity contribution in [1.29, 1.82) is 0 Å². The van der Waals surface area contributed by atoms with Crippen molar-refractivity contribution in [1.82, 2.24) is 10.2 Å². The lowest BCUT2D eigenvalue weighted by Gasteiger charge is -2.38. The molecule has 0 aliphatic heterocycles. The number of carbonyl (C=O) groups excluding carboxylic acids is 3. The van der Waals surface area contributed by atoms with E-state index in [2.05, 4.69) is 30.4 Å². The molecule has 0 fully saturated rings. The second-order valence-corrected chi connectivity index (χ2v) is 11.8. The Hall–Kier alpha value is -3.79. The number of hydrogen-bond acceptors (Lipinski definition) is 4. The summed E-state index contributed by atoms with van der Waals surface area (Å²) in [4.78, 5) is 42.5. The predicted molar refractivity (Wildman–Crippen MR) is 161 cm³/mol. The molecule has 0 aliphatic rings. The molecule has 7 heteroatoms. The third-order valence-electron chi connectivity index (χ3n) is 6.66. The van der Waals surface area contributed by atoms with Gasteiger partial charge in [-0.15, -0.1) is 6.42 Å². The van der Waals surface area contributed by atoms with Gasteiger partial charge in [-0.3, -0.25) is 9.59 Å². The van der Waals surface area contributed by atoms with Gasteiger partial charge in [0.2, 0.25) is 5.91 Å². The Morgan fingerprint density at radius 3 is 2.10 bits per heavy atom. The van der Waals surface area contributed by atoms with E-state index < -0.39 is 29.7 Å². The van der Waals surface area contributed by atoms with Gasteiger partial charge in [-0.25, -0.2) is 4.79 Å². The third kappa shape index (κ3) is 8.87. The van der Waals surface area contributed by atoms with Crippen LogP contribution in [0, 0.1) is 32.1 Å². The average Bonchev–Trinajstić information content (AvgIpc) is 2.86. The Morgan fingerprint density at radius 1 is 0.950 bits per heavy atom. The van der Waals surface area contributed by atoms with Crippen LogP contribution in [-0.4, -0.2) is 40.5 Å². The molecule has 3 unspecified atom stereocenters. The van der Waals surface area contributed by atoms with E-state index in [4.69, 9.17) is 11.2 Å². The number of nitrogens with zero attached hydrogens (tertiary/aromatic N) is 1. The van der Waals surface area contributed by atoms with Crippen molar-refractivity contribution in [3.63, 3.8) is 0 Å². The van der Waals surface area contributed by atoms with Gasteiger partial charge in [0.25, 0.3) is 5.91 Å². The van der Waals surface area contributed by atoms with Gasteiger partial charge in [-0.2, -0.15) is 0 Å². The van der Waals surface area contributed by atoms with E-state index in [1.54, 1.807) is 56.9 Å². The number of aryl methyl sites for hydroxylation is 2. The fraction of sp³-hybridized carbons (Fsp3) is 0.485. The van der Waals surface area contributed by atoms with Crippen molar-refractivity contribution < 1.29 is 19.1 Å². The van der Waals surface area contributed by atoms with Crippen LogP contribution in [0.2, 0.25) is 0 Å². The molecular weight excluding hydrogens is 502 g/mol. The van der Waals surface area contributed by atoms with Crippen LogP contribution in [0.4, 0.5) is 10.5 Å². The first kappa shape index (κ1) is 32.4. The van der Waals surface area contributed by atoms with E-state index in [9.17, 15) is 14.4 Å². The molecule has 0 spiro atoms. The second kappa shape index (κ2) is 14.0. The lowest BCUT2D eigenvalue weighted by atomic mass is 9.94. The summed E-state index contributed by atoms with van der Waals surface area (Å²) in [7, 11) is 0. The first-order valence-electron chi connectivity index (χ1n) is 13.9. The Labute approximate surface area is 240 Å². The van der Waals surface area contributed by atoms with Crippen LogP contribution in [0.1, 0.15) is 89.6 Å². The highest BCUT2D eigenvalue weighted by molar-refractivity contribution is 6.00. The molecule has 0 bridgehead atoms. The molecule has 0 aliphatic carbocycles. The fourth-order valence-electron chi connectivity index (χ4n) is 4.57. The normalized spacial score (nSPS) is 13.5. The molecule has 0 aromatic heterocycles. The van der Waals surface area contributed by atoms with Crippen LogP contribution in [0.15, 0.2) is 42.5 Å². The van der Waals surface area contributed by atoms with E-state index in [0.29, 0.717) is 29.2 Å². The third-order valence-corrected chi connectivity index (χ3v) is 6.66. The standard InChI is InChI=1S/C33H45N3O4/c1-11-26-17-12-13-18-27(26)29(30(37)35-28-22(4)15-14-16-23(28)5)36(24(6)20-19-21(2)3)31(38)25(7)34-32(39)40-33(8,9)10/h1,12-18,21,24-25,29H,19-20H2,2-10H3,(H,34,39)(H,35,37). The van der Waals surface area contributed by atoms with Gasteiger partial charge in [0.15, 0.2) is 0 Å². The number of hydrogen-bond donors (Lipinski definition) is 2. The molecule has 0 heterocycles. The maximum atomic E-state index is 14.2. The molecule has 2 aromatic rings. The highest BCUT2D eigenvalue weighted by Gasteiger charge is 2.38. The van der Waals surface area contributed by atoms with E-state index in [1.807, 2.05) is 39.0 Å². The van der Waals surface area contributed by atoms with Crippen LogP contribution in [0.3, 0.4) is 0 Å². The van der Waals surface area contributed by atoms with Gasteiger partial charge in [-0.05, 0) is 90.0 Å². The number of carbonyl (C=O) groups is 3. The predicted octanol–water partition coefficient (Wildman–Crippen LogP) is 6.53. The number of nitrogens with one attached hydrogen (secondary N) is 2. The number of anilines is 1. The van der Waals surface area contributed by atoms with E-state index in [-0.39, 0.29) is 11.9 Å². The summed E-state index contributed by atoms with van der Waals surface area (Å²) in [6.07, 6.45) is 6.67. The van der Waals surface area contributed by atoms with E-state index >= 15 is 0 Å². The molecule has 0 saturated carbocycles. The van der Waals surface area contributed by atoms with Crippen molar-refractivity contribution in [2.24, 2.45) is 5.92 Å². The van der Waals surface area contributed by atoms with Crippen LogP contribution < -0.4 is 10.6 Å². The van der Waals surface area contributed by atoms with Crippen LogP contribution in [0.25, 0.3) is 0 Å². The van der Waals surface area contributed by atoms with Crippen molar-refractivity contribution in [2.45, 2.75) is 98.9 Å². The lowest BCUT2D eigenvalue weighted by Crippen LogP contribution is -2.54. The van der Waals surface area contributed by atoms with Crippen molar-refractivity contribution in [3.8, 4) is 12.3 Å². The molecule has 3 amide bonds. The number of para-hydroxylation sites is 1. The minimum atomic E-state index is -1.04. The Morgan fingerprint density at radius 2 is 1.55 bits per heavy atom. The second-order valence-electron chi connectivity index (χ2n) is 11.8. The molecule has 2 rings (SSSR count). The Balaban J connectivity index is 2.63. The molecule has 3 atom stereocenters. The molecule has 2 aromatic carbocycles. The minimum Gasteiger partial charge on any atom is -0.444 e. The molecule has 40 heavy (non-hydrogen) atoms. The molecule has 2 N–H and O–H groups in total. The van der Waals surface area contributed by atoms with E-state index in [1.165, 1.54) is 0 Å². The van der Waals surface area contributed by atoms with Gasteiger partial charge in [0.05, 0.1) is 0 Å². The monoisotopic (exact) mass is 547 g/mol. The number of ether oxygens (including phenoxy) is 1. The zero-order chi connectivity index (χ0) is 30.2. The van der Waals surface area contributed by atoms with Gasteiger partial charge in [0, 0.05) is 17.3 Å². The topological polar surface area (TPSA) is 87.7 Å². The summed E-state index contributed by atoms with van der Waals surface area (Å²) >= 11 is 0. The van der Waals surface area contributed by atoms with E-state index in [0.717, 1.165) is 17.5 Å². The summed E-state index contributed by atoms with van der Waals surface area (Å²) in [5.41, 5.74) is 2.84. The maximum absolute atomic E-state index is 14.2. The van der Waals surface area contributed by atoms with Crippen LogP contribution >= 0.6 is 0 Å². The van der Waals surface area contributed by atoms with Gasteiger partial charge in [0.1, 0.15) is 17.7 Å². The van der Waals surface area contributed by atoms with Crippen molar-refractivity contribution in [3.05, 3.63) is 64.7 Å². The number of alkyl carbamates (subject to hydrolysis) is 1. The van der Waals surface area contributed by atoms with Crippen molar-refractivity contribution in [2.75, 3.05) is 5.32 Å². The SMILES string of the molecule is C#Cc1ccccc1C(C(=O)Nc1c(C)cccc1C)N(C(=O)C(C)NC(=O)OC(C)(C)C)C(C)CCC(C)C. The van der Waals surface area contributed by atoms with Crippen LogP contribution in [-0.2, 0) is 14.3 Å². The smallest absolute Gasteiger partial charge is 0.408 e. The zero-order valence-corrected chi connectivity index (χ0v) is 25.4. The van der Waals surface area contributed by atoms with Crippen LogP contribution in [0.5, 0.6) is 0 Å². The number of terminal acetylenes is 1. The summed E-state index contributed by atoms with van der Waals surface area (Å²) in [6.45, 7) is 16.9. The summed E-state index contributed by atoms with van der Waals surface area (Å²) < 4.78 is 5.39. The zero-order valence-electron chi connectivity index (χ0n) is 25.4. The largest absolute Gasteiger partial charge is 0.444 e. The lowest BCUT2D eigenvalue weighted by molar-refractivity contribution is -0.143. The number of rotatable bonds is 10. The number of benzene rings is 2. The molecule has 216 valence electrons. The van der Waals surface area contributed by atoms with Gasteiger partial charge < -0.3 is 20.3 Å². The minimum absolute atomic E-state index is 0.336. The molecule has 0 radical (unpaired) electrons. The highest BCUT2D eigenvalue weighted by atomic mass is 16.6. The summed E-state index contributed by atoms with van der Waals surface area (Å²) in [5, 5.41) is 5.73.